The van der Waals surface area contributed by atoms with Gasteiger partial charge in [-0.1, -0.05) is 18.0 Å². The van der Waals surface area contributed by atoms with Crippen LogP contribution in [0, 0.1) is 0 Å². The number of halogens is 1. The largest absolute Gasteiger partial charge is 0.496 e. The van der Waals surface area contributed by atoms with Gasteiger partial charge in [0.15, 0.2) is 0 Å². The lowest BCUT2D eigenvalue weighted by atomic mass is 9.91. The highest BCUT2D eigenvalue weighted by Gasteiger charge is 2.25. The van der Waals surface area contributed by atoms with Crippen molar-refractivity contribution in [2.75, 3.05) is 20.3 Å². The van der Waals surface area contributed by atoms with Crippen molar-refractivity contribution in [1.29, 1.82) is 0 Å². The number of benzene rings is 1. The summed E-state index contributed by atoms with van der Waals surface area (Å²) in [6, 6.07) is 6.28. The SMILES string of the molecule is COc1ccc(Cl)cc1CN(CCO)C1CCC1. The normalized spacial score (nSPS) is 15.8. The van der Waals surface area contributed by atoms with E-state index in [4.69, 9.17) is 21.4 Å². The highest BCUT2D eigenvalue weighted by molar-refractivity contribution is 6.30. The molecule has 4 heteroatoms. The van der Waals surface area contributed by atoms with Crippen molar-refractivity contribution in [3.8, 4) is 5.75 Å². The summed E-state index contributed by atoms with van der Waals surface area (Å²) in [5.74, 6) is 0.863. The Morgan fingerprint density at radius 1 is 1.44 bits per heavy atom. The molecule has 0 atom stereocenters. The van der Waals surface area contributed by atoms with Gasteiger partial charge in [-0.15, -0.1) is 0 Å². The summed E-state index contributed by atoms with van der Waals surface area (Å²) >= 11 is 6.04. The molecule has 3 nitrogen and oxygen atoms in total. The quantitative estimate of drug-likeness (QED) is 0.862. The Hall–Kier alpha value is -0.770. The lowest BCUT2D eigenvalue weighted by Crippen LogP contribution is -2.41. The molecule has 1 aliphatic rings. The van der Waals surface area contributed by atoms with Crippen molar-refractivity contribution < 1.29 is 9.84 Å². The molecule has 18 heavy (non-hydrogen) atoms. The Labute approximate surface area is 113 Å². The number of aliphatic hydroxyl groups is 1. The average molecular weight is 270 g/mol. The zero-order valence-electron chi connectivity index (χ0n) is 10.7. The molecule has 1 aromatic carbocycles. The maximum atomic E-state index is 9.17. The summed E-state index contributed by atoms with van der Waals surface area (Å²) in [6.07, 6.45) is 3.74. The first kappa shape index (κ1) is 13.7. The summed E-state index contributed by atoms with van der Waals surface area (Å²) in [7, 11) is 1.67. The Kier molecular flexibility index (Phi) is 4.87. The van der Waals surface area contributed by atoms with Crippen LogP contribution in [0.25, 0.3) is 0 Å². The predicted octanol–water partition coefficient (Wildman–Crippen LogP) is 2.70. The molecule has 100 valence electrons. The molecule has 0 aromatic heterocycles. The van der Waals surface area contributed by atoms with Crippen LogP contribution in [-0.2, 0) is 6.54 Å². The van der Waals surface area contributed by atoms with Crippen molar-refractivity contribution in [1.82, 2.24) is 4.90 Å². The zero-order chi connectivity index (χ0) is 13.0. The van der Waals surface area contributed by atoms with Crippen LogP contribution in [0.3, 0.4) is 0 Å². The molecule has 0 unspecified atom stereocenters. The minimum atomic E-state index is 0.194. The highest BCUT2D eigenvalue weighted by atomic mass is 35.5. The van der Waals surface area contributed by atoms with Gasteiger partial charge in [0.2, 0.25) is 0 Å². The minimum absolute atomic E-state index is 0.194. The van der Waals surface area contributed by atoms with Crippen LogP contribution >= 0.6 is 11.6 Å². The van der Waals surface area contributed by atoms with Crippen LogP contribution in [0.4, 0.5) is 0 Å². The van der Waals surface area contributed by atoms with E-state index < -0.39 is 0 Å². The Balaban J connectivity index is 2.11. The summed E-state index contributed by atoms with van der Waals surface area (Å²) in [6.45, 7) is 1.69. The van der Waals surface area contributed by atoms with Gasteiger partial charge in [0.05, 0.1) is 13.7 Å². The molecule has 0 spiro atoms. The topological polar surface area (TPSA) is 32.7 Å². The second kappa shape index (κ2) is 6.41. The van der Waals surface area contributed by atoms with E-state index >= 15 is 0 Å². The minimum Gasteiger partial charge on any atom is -0.496 e. The Morgan fingerprint density at radius 3 is 2.78 bits per heavy atom. The van der Waals surface area contributed by atoms with E-state index in [1.54, 1.807) is 7.11 Å². The number of methoxy groups -OCH3 is 1. The van der Waals surface area contributed by atoms with E-state index in [-0.39, 0.29) is 6.61 Å². The van der Waals surface area contributed by atoms with Gasteiger partial charge in [0.25, 0.3) is 0 Å². The first-order chi connectivity index (χ1) is 8.74. The number of ether oxygens (including phenoxy) is 1. The third-order valence-electron chi connectivity index (χ3n) is 3.59. The molecular formula is C14H20ClNO2. The van der Waals surface area contributed by atoms with E-state index in [1.165, 1.54) is 19.3 Å². The van der Waals surface area contributed by atoms with Gasteiger partial charge in [0.1, 0.15) is 5.75 Å². The second-order valence-corrected chi connectivity index (χ2v) is 5.17. The molecule has 0 bridgehead atoms. The first-order valence-electron chi connectivity index (χ1n) is 6.42. The van der Waals surface area contributed by atoms with Crippen molar-refractivity contribution in [3.63, 3.8) is 0 Å². The van der Waals surface area contributed by atoms with E-state index in [0.29, 0.717) is 12.6 Å². The average Bonchev–Trinajstić information content (AvgIpc) is 2.27. The monoisotopic (exact) mass is 269 g/mol. The molecule has 1 N–H and O–H groups in total. The number of hydrogen-bond acceptors (Lipinski definition) is 3. The molecule has 1 aliphatic carbocycles. The zero-order valence-corrected chi connectivity index (χ0v) is 11.5. The summed E-state index contributed by atoms with van der Waals surface area (Å²) in [4.78, 5) is 2.32. The van der Waals surface area contributed by atoms with Crippen LogP contribution in [0.1, 0.15) is 24.8 Å². The molecule has 0 heterocycles. The Bertz CT molecular complexity index is 393. The van der Waals surface area contributed by atoms with Crippen molar-refractivity contribution in [3.05, 3.63) is 28.8 Å². The van der Waals surface area contributed by atoms with Gasteiger partial charge in [0, 0.05) is 29.7 Å². The lowest BCUT2D eigenvalue weighted by molar-refractivity contribution is 0.0937. The van der Waals surface area contributed by atoms with Crippen LogP contribution in [0.15, 0.2) is 18.2 Å². The molecule has 0 aliphatic heterocycles. The standard InChI is InChI=1S/C14H20ClNO2/c1-18-14-6-5-12(15)9-11(14)10-16(7-8-17)13-3-2-4-13/h5-6,9,13,17H,2-4,7-8,10H2,1H3. The summed E-state index contributed by atoms with van der Waals surface area (Å²) in [5.41, 5.74) is 1.09. The second-order valence-electron chi connectivity index (χ2n) is 4.73. The summed E-state index contributed by atoms with van der Waals surface area (Å²) in [5, 5.41) is 9.89. The molecule has 1 aromatic rings. The van der Waals surface area contributed by atoms with Crippen LogP contribution in [0.2, 0.25) is 5.02 Å². The Morgan fingerprint density at radius 2 is 2.22 bits per heavy atom. The summed E-state index contributed by atoms with van der Waals surface area (Å²) < 4.78 is 5.36. The van der Waals surface area contributed by atoms with Gasteiger partial charge >= 0.3 is 0 Å². The highest BCUT2D eigenvalue weighted by Crippen LogP contribution is 2.29. The van der Waals surface area contributed by atoms with E-state index in [2.05, 4.69) is 4.90 Å². The molecule has 1 fully saturated rings. The smallest absolute Gasteiger partial charge is 0.123 e. The van der Waals surface area contributed by atoms with Crippen LogP contribution in [0.5, 0.6) is 5.75 Å². The van der Waals surface area contributed by atoms with Gasteiger partial charge in [-0.2, -0.15) is 0 Å². The van der Waals surface area contributed by atoms with Crippen LogP contribution < -0.4 is 4.74 Å². The molecule has 0 saturated heterocycles. The molecule has 0 amide bonds. The number of rotatable bonds is 6. The molecule has 0 radical (unpaired) electrons. The van der Waals surface area contributed by atoms with Gasteiger partial charge < -0.3 is 9.84 Å². The van der Waals surface area contributed by atoms with Gasteiger partial charge in [-0.3, -0.25) is 4.90 Å². The van der Waals surface area contributed by atoms with E-state index in [1.807, 2.05) is 18.2 Å². The van der Waals surface area contributed by atoms with Crippen molar-refractivity contribution >= 4 is 11.6 Å². The predicted molar refractivity (Wildman–Crippen MR) is 73.1 cm³/mol. The third-order valence-corrected chi connectivity index (χ3v) is 3.83. The van der Waals surface area contributed by atoms with Crippen molar-refractivity contribution in [2.24, 2.45) is 0 Å². The number of hydrogen-bond donors (Lipinski definition) is 1. The fraction of sp³-hybridized carbons (Fsp3) is 0.571. The van der Waals surface area contributed by atoms with E-state index in [0.717, 1.165) is 22.9 Å². The fourth-order valence-electron chi connectivity index (χ4n) is 2.36. The fourth-order valence-corrected chi connectivity index (χ4v) is 2.56. The third kappa shape index (κ3) is 3.16. The maximum absolute atomic E-state index is 9.17. The maximum Gasteiger partial charge on any atom is 0.123 e. The van der Waals surface area contributed by atoms with Crippen molar-refractivity contribution in [2.45, 2.75) is 31.8 Å². The molecular weight excluding hydrogens is 250 g/mol. The van der Waals surface area contributed by atoms with Gasteiger partial charge in [-0.05, 0) is 31.0 Å². The number of aliphatic hydroxyl groups excluding tert-OH is 1. The van der Waals surface area contributed by atoms with Gasteiger partial charge in [-0.25, -0.2) is 0 Å². The first-order valence-corrected chi connectivity index (χ1v) is 6.79. The lowest BCUT2D eigenvalue weighted by Gasteiger charge is -2.37. The molecule has 2 rings (SSSR count). The van der Waals surface area contributed by atoms with Crippen LogP contribution in [-0.4, -0.2) is 36.3 Å². The van der Waals surface area contributed by atoms with E-state index in [9.17, 15) is 0 Å². The molecule has 1 saturated carbocycles. The number of nitrogens with zero attached hydrogens (tertiary/aromatic N) is 1.